The van der Waals surface area contributed by atoms with Gasteiger partial charge in [-0.2, -0.15) is 0 Å². The van der Waals surface area contributed by atoms with Crippen molar-refractivity contribution < 1.29 is 19.1 Å². The zero-order chi connectivity index (χ0) is 23.6. The van der Waals surface area contributed by atoms with Gasteiger partial charge in [0.05, 0.1) is 6.54 Å². The van der Waals surface area contributed by atoms with E-state index >= 15 is 0 Å². The zero-order valence-corrected chi connectivity index (χ0v) is 19.6. The first-order valence-corrected chi connectivity index (χ1v) is 11.7. The second-order valence-electron chi connectivity index (χ2n) is 9.87. The Balaban J connectivity index is 1.43. The van der Waals surface area contributed by atoms with Crippen molar-refractivity contribution in [3.05, 3.63) is 35.3 Å². The molecule has 0 radical (unpaired) electrons. The van der Waals surface area contributed by atoms with Crippen LogP contribution in [-0.2, 0) is 25.5 Å². The van der Waals surface area contributed by atoms with E-state index in [9.17, 15) is 14.4 Å². The largest absolute Gasteiger partial charge is 0.459 e. The second-order valence-corrected chi connectivity index (χ2v) is 9.87. The molecule has 3 aliphatic rings. The summed E-state index contributed by atoms with van der Waals surface area (Å²) in [7, 11) is 0. The van der Waals surface area contributed by atoms with Gasteiger partial charge in [-0.1, -0.05) is 6.07 Å². The molecule has 33 heavy (non-hydrogen) atoms. The first-order chi connectivity index (χ1) is 15.8. The quantitative estimate of drug-likeness (QED) is 0.549. The van der Waals surface area contributed by atoms with E-state index in [1.165, 1.54) is 11.3 Å². The van der Waals surface area contributed by atoms with Crippen LogP contribution in [0.2, 0.25) is 0 Å². The summed E-state index contributed by atoms with van der Waals surface area (Å²) in [6.07, 6.45) is 3.40. The first-order valence-electron chi connectivity index (χ1n) is 11.7. The lowest BCUT2D eigenvalue weighted by molar-refractivity contribution is -0.156. The van der Waals surface area contributed by atoms with Gasteiger partial charge in [0, 0.05) is 55.6 Å². The molecule has 3 aliphatic heterocycles. The zero-order valence-electron chi connectivity index (χ0n) is 19.6. The van der Waals surface area contributed by atoms with E-state index in [1.807, 2.05) is 49.7 Å². The molecular weight excluding hydrogens is 420 g/mol. The summed E-state index contributed by atoms with van der Waals surface area (Å²) >= 11 is 0. The summed E-state index contributed by atoms with van der Waals surface area (Å²) in [6, 6.07) is 6.62. The number of hydrogen-bond acceptors (Lipinski definition) is 8. The van der Waals surface area contributed by atoms with Crippen molar-refractivity contribution in [2.45, 2.75) is 58.1 Å². The number of likely N-dealkylation sites (tertiary alicyclic amines) is 1. The molecule has 0 spiro atoms. The Hall–Kier alpha value is -3.05. The van der Waals surface area contributed by atoms with E-state index < -0.39 is 5.60 Å². The molecule has 8 heteroatoms. The molecule has 0 aromatic heterocycles. The van der Waals surface area contributed by atoms with Gasteiger partial charge in [-0.15, -0.1) is 0 Å². The van der Waals surface area contributed by atoms with Gasteiger partial charge < -0.3 is 19.9 Å². The van der Waals surface area contributed by atoms with E-state index in [-0.39, 0.29) is 11.8 Å². The van der Waals surface area contributed by atoms with Crippen molar-refractivity contribution >= 4 is 29.2 Å². The molecule has 0 aliphatic carbocycles. The predicted molar refractivity (Wildman–Crippen MR) is 126 cm³/mol. The molecule has 2 saturated heterocycles. The summed E-state index contributed by atoms with van der Waals surface area (Å²) in [5, 5.41) is 2.86. The molecule has 0 bridgehead atoms. The molecule has 0 unspecified atom stereocenters. The summed E-state index contributed by atoms with van der Waals surface area (Å²) in [4.78, 5) is 41.3. The Morgan fingerprint density at radius 1 is 1.06 bits per heavy atom. The smallest absolute Gasteiger partial charge is 0.320 e. The number of ether oxygens (including phenoxy) is 1. The lowest BCUT2D eigenvalue weighted by Crippen LogP contribution is -2.46. The number of anilines is 2. The number of nitrogens with one attached hydrogen (secondary N) is 1. The Bertz CT molecular complexity index is 1010. The third-order valence-electron chi connectivity index (χ3n) is 6.44. The SMILES string of the molecule is CC(C)(C)OC(=O)CN1CCC(N2CCc3c(N4CCC(=C=O)NC4=C=O)cccc32)CC1. The van der Waals surface area contributed by atoms with Crippen LogP contribution in [0.1, 0.15) is 45.6 Å². The molecule has 3 heterocycles. The highest BCUT2D eigenvalue weighted by molar-refractivity contribution is 5.76. The molecular formula is C25H32N4O4. The van der Waals surface area contributed by atoms with Crippen LogP contribution in [0.4, 0.5) is 11.4 Å². The van der Waals surface area contributed by atoms with Crippen LogP contribution in [0.5, 0.6) is 0 Å². The van der Waals surface area contributed by atoms with Crippen molar-refractivity contribution in [3.8, 4) is 0 Å². The Kier molecular flexibility index (Phi) is 6.61. The van der Waals surface area contributed by atoms with Crippen molar-refractivity contribution in [2.75, 3.05) is 42.5 Å². The summed E-state index contributed by atoms with van der Waals surface area (Å²) in [6.45, 7) is 9.22. The third-order valence-corrected chi connectivity index (χ3v) is 6.44. The molecule has 4 rings (SSSR count). The third kappa shape index (κ3) is 5.14. The predicted octanol–water partition coefficient (Wildman–Crippen LogP) is 2.04. The molecule has 0 amide bonds. The van der Waals surface area contributed by atoms with Gasteiger partial charge in [0.25, 0.3) is 0 Å². The number of nitrogens with zero attached hydrogens (tertiary/aromatic N) is 3. The molecule has 8 nitrogen and oxygen atoms in total. The van der Waals surface area contributed by atoms with Gasteiger partial charge in [-0.3, -0.25) is 9.69 Å². The maximum atomic E-state index is 12.2. The van der Waals surface area contributed by atoms with Crippen LogP contribution in [0, 0.1) is 0 Å². The number of benzene rings is 1. The van der Waals surface area contributed by atoms with Gasteiger partial charge in [0.2, 0.25) is 0 Å². The second kappa shape index (κ2) is 9.44. The van der Waals surface area contributed by atoms with Gasteiger partial charge in [0.1, 0.15) is 17.2 Å². The summed E-state index contributed by atoms with van der Waals surface area (Å²) < 4.78 is 5.46. The average Bonchev–Trinajstić information content (AvgIpc) is 3.22. The number of piperidine rings is 1. The van der Waals surface area contributed by atoms with Gasteiger partial charge in [0.15, 0.2) is 11.8 Å². The van der Waals surface area contributed by atoms with Crippen LogP contribution in [0.25, 0.3) is 0 Å². The Labute approximate surface area is 194 Å². The van der Waals surface area contributed by atoms with Crippen molar-refractivity contribution in [1.29, 1.82) is 0 Å². The maximum absolute atomic E-state index is 12.2. The minimum atomic E-state index is -0.458. The number of esters is 1. The van der Waals surface area contributed by atoms with E-state index in [2.05, 4.69) is 21.2 Å². The van der Waals surface area contributed by atoms with E-state index in [0.29, 0.717) is 31.2 Å². The fourth-order valence-corrected chi connectivity index (χ4v) is 5.02. The lowest BCUT2D eigenvalue weighted by Gasteiger charge is -2.38. The summed E-state index contributed by atoms with van der Waals surface area (Å²) in [5.74, 6) is 3.90. The topological polar surface area (TPSA) is 82.2 Å². The first kappa shape index (κ1) is 23.1. The number of hydrogen-bond donors (Lipinski definition) is 1. The average molecular weight is 453 g/mol. The lowest BCUT2D eigenvalue weighted by atomic mass is 10.0. The van der Waals surface area contributed by atoms with Crippen LogP contribution >= 0.6 is 0 Å². The molecule has 2 fully saturated rings. The Morgan fingerprint density at radius 2 is 1.79 bits per heavy atom. The van der Waals surface area contributed by atoms with Crippen LogP contribution in [-0.4, -0.2) is 67.1 Å². The minimum absolute atomic E-state index is 0.168. The van der Waals surface area contributed by atoms with Gasteiger partial charge in [-0.25, -0.2) is 9.59 Å². The highest BCUT2D eigenvalue weighted by Gasteiger charge is 2.33. The standard InChI is InChI=1S/C25H32N4O4/c1-25(2,3)33-24(32)15-27-11-8-19(9-12-27)28-14-10-20-21(28)5-4-6-22(20)29-13-7-18(16-30)26-23(29)17-31/h4-6,19,26H,7-15H2,1-3H3. The van der Waals surface area contributed by atoms with Crippen molar-refractivity contribution in [2.24, 2.45) is 0 Å². The van der Waals surface area contributed by atoms with Crippen LogP contribution < -0.4 is 15.1 Å². The molecule has 1 N–H and O–H groups in total. The normalized spacial score (nSPS) is 19.6. The highest BCUT2D eigenvalue weighted by atomic mass is 16.6. The minimum Gasteiger partial charge on any atom is -0.459 e. The number of fused-ring (bicyclic) bond motifs is 1. The van der Waals surface area contributed by atoms with Gasteiger partial charge >= 0.3 is 5.97 Å². The van der Waals surface area contributed by atoms with E-state index in [4.69, 9.17) is 4.74 Å². The number of carbonyl (C=O) groups is 1. The number of carbonyl (C=O) groups excluding carboxylic acids is 3. The maximum Gasteiger partial charge on any atom is 0.320 e. The highest BCUT2D eigenvalue weighted by Crippen LogP contribution is 2.39. The molecule has 1 aromatic rings. The van der Waals surface area contributed by atoms with E-state index in [0.717, 1.165) is 44.6 Å². The van der Waals surface area contributed by atoms with Crippen molar-refractivity contribution in [3.63, 3.8) is 0 Å². The fourth-order valence-electron chi connectivity index (χ4n) is 5.02. The summed E-state index contributed by atoms with van der Waals surface area (Å²) in [5.41, 5.74) is 3.35. The molecule has 176 valence electrons. The monoisotopic (exact) mass is 452 g/mol. The van der Waals surface area contributed by atoms with Crippen LogP contribution in [0.15, 0.2) is 29.7 Å². The van der Waals surface area contributed by atoms with Crippen LogP contribution in [0.3, 0.4) is 0 Å². The van der Waals surface area contributed by atoms with E-state index in [1.54, 1.807) is 0 Å². The van der Waals surface area contributed by atoms with Crippen molar-refractivity contribution in [1.82, 2.24) is 10.2 Å². The molecule has 1 aromatic carbocycles. The molecule has 0 atom stereocenters. The number of rotatable bonds is 4. The molecule has 0 saturated carbocycles. The Morgan fingerprint density at radius 3 is 2.45 bits per heavy atom. The fraction of sp³-hybridized carbons (Fsp3) is 0.560. The van der Waals surface area contributed by atoms with Gasteiger partial charge in [-0.05, 0) is 52.2 Å².